The second kappa shape index (κ2) is 9.75. The van der Waals surface area contributed by atoms with Crippen molar-refractivity contribution >= 4 is 0 Å². The molecule has 0 radical (unpaired) electrons. The van der Waals surface area contributed by atoms with E-state index < -0.39 is 0 Å². The summed E-state index contributed by atoms with van der Waals surface area (Å²) in [5.74, 6) is -0.0356. The van der Waals surface area contributed by atoms with Crippen molar-refractivity contribution in [2.45, 2.75) is 38.2 Å². The van der Waals surface area contributed by atoms with Gasteiger partial charge in [-0.15, -0.1) is 0 Å². The van der Waals surface area contributed by atoms with Crippen molar-refractivity contribution in [2.75, 3.05) is 32.8 Å². The smallest absolute Gasteiger partial charge is 0.0669 e. The molecule has 1 rings (SSSR count). The van der Waals surface area contributed by atoms with Gasteiger partial charge in [0.2, 0.25) is 0 Å². The highest BCUT2D eigenvalue weighted by Gasteiger charge is 2.21. The average Bonchev–Trinajstić information content (AvgIpc) is 2.45. The molecule has 0 aromatic heterocycles. The lowest BCUT2D eigenvalue weighted by Crippen LogP contribution is -2.39. The Hall–Kier alpha value is -1.14. The topological polar surface area (TPSA) is 80.3 Å². The fourth-order valence-corrected chi connectivity index (χ4v) is 2.32. The van der Waals surface area contributed by atoms with E-state index in [-0.39, 0.29) is 12.5 Å². The molecule has 19 heavy (non-hydrogen) atoms. The molecular weight excluding hydrogens is 242 g/mol. The summed E-state index contributed by atoms with van der Waals surface area (Å²) in [6.45, 7) is 3.48. The van der Waals surface area contributed by atoms with Gasteiger partial charge in [-0.2, -0.15) is 10.5 Å². The van der Waals surface area contributed by atoms with Crippen LogP contribution in [0, 0.1) is 28.6 Å². The minimum Gasteiger partial charge on any atom is -0.396 e. The summed E-state index contributed by atoms with van der Waals surface area (Å²) in [5, 5.41) is 26.3. The first-order valence-electron chi connectivity index (χ1n) is 7.01. The number of aliphatic hydroxyl groups is 1. The highest BCUT2D eigenvalue weighted by Crippen LogP contribution is 2.16. The van der Waals surface area contributed by atoms with Crippen LogP contribution in [0.15, 0.2) is 0 Å². The first kappa shape index (κ1) is 15.9. The van der Waals surface area contributed by atoms with Crippen LogP contribution in [0.25, 0.3) is 0 Å². The van der Waals surface area contributed by atoms with E-state index in [0.29, 0.717) is 32.0 Å². The van der Waals surface area contributed by atoms with E-state index in [0.717, 1.165) is 32.5 Å². The lowest BCUT2D eigenvalue weighted by atomic mass is 10.0. The minimum atomic E-state index is -0.0356. The van der Waals surface area contributed by atoms with E-state index in [1.165, 1.54) is 0 Å². The van der Waals surface area contributed by atoms with Gasteiger partial charge in [-0.25, -0.2) is 0 Å². The average molecular weight is 265 g/mol. The number of likely N-dealkylation sites (tertiary alicyclic amines) is 1. The number of ether oxygens (including phenoxy) is 1. The summed E-state index contributed by atoms with van der Waals surface area (Å²) in [6, 6.07) is 4.38. The summed E-state index contributed by atoms with van der Waals surface area (Å²) in [7, 11) is 0. The predicted molar refractivity (Wildman–Crippen MR) is 71.1 cm³/mol. The van der Waals surface area contributed by atoms with Crippen LogP contribution >= 0.6 is 0 Å². The van der Waals surface area contributed by atoms with Gasteiger partial charge in [-0.3, -0.25) is 0 Å². The SMILES string of the molecule is N#CCCC(C#N)CN1CCC(OCCCO)CC1. The molecule has 1 atom stereocenters. The molecule has 0 amide bonds. The quantitative estimate of drug-likeness (QED) is 0.669. The van der Waals surface area contributed by atoms with Gasteiger partial charge in [0.15, 0.2) is 0 Å². The maximum atomic E-state index is 9.04. The Labute approximate surface area is 115 Å². The molecule has 0 aliphatic carbocycles. The molecule has 1 unspecified atom stereocenters. The molecule has 1 fully saturated rings. The second-order valence-electron chi connectivity index (χ2n) is 4.97. The number of nitrogens with zero attached hydrogens (tertiary/aromatic N) is 3. The van der Waals surface area contributed by atoms with Crippen LogP contribution < -0.4 is 0 Å². The van der Waals surface area contributed by atoms with Crippen molar-refractivity contribution in [1.82, 2.24) is 4.90 Å². The number of aliphatic hydroxyl groups excluding tert-OH is 1. The molecular formula is C14H23N3O2. The van der Waals surface area contributed by atoms with Gasteiger partial charge >= 0.3 is 0 Å². The largest absolute Gasteiger partial charge is 0.396 e. The zero-order chi connectivity index (χ0) is 13.9. The molecule has 5 nitrogen and oxygen atoms in total. The van der Waals surface area contributed by atoms with Crippen molar-refractivity contribution in [1.29, 1.82) is 10.5 Å². The van der Waals surface area contributed by atoms with E-state index in [2.05, 4.69) is 17.0 Å². The van der Waals surface area contributed by atoms with Crippen molar-refractivity contribution in [2.24, 2.45) is 5.92 Å². The van der Waals surface area contributed by atoms with Crippen LogP contribution in [-0.4, -0.2) is 49.0 Å². The van der Waals surface area contributed by atoms with E-state index in [1.807, 2.05) is 0 Å². The molecule has 0 aromatic rings. The van der Waals surface area contributed by atoms with Crippen molar-refractivity contribution in [3.8, 4) is 12.1 Å². The molecule has 1 heterocycles. The molecule has 1 N–H and O–H groups in total. The first-order valence-corrected chi connectivity index (χ1v) is 7.01. The van der Waals surface area contributed by atoms with Crippen LogP contribution in [0.2, 0.25) is 0 Å². The van der Waals surface area contributed by atoms with Crippen molar-refractivity contribution in [3.63, 3.8) is 0 Å². The Balaban J connectivity index is 2.18. The van der Waals surface area contributed by atoms with Crippen molar-refractivity contribution in [3.05, 3.63) is 0 Å². The number of piperidine rings is 1. The fourth-order valence-electron chi connectivity index (χ4n) is 2.32. The standard InChI is InChI=1S/C14H23N3O2/c15-6-1-3-13(11-16)12-17-7-4-14(5-8-17)19-10-2-9-18/h13-14,18H,1-5,7-10,12H2. The van der Waals surface area contributed by atoms with Gasteiger partial charge in [0, 0.05) is 39.3 Å². The third-order valence-electron chi connectivity index (χ3n) is 3.46. The van der Waals surface area contributed by atoms with Gasteiger partial charge in [-0.05, 0) is 25.7 Å². The second-order valence-corrected chi connectivity index (χ2v) is 4.97. The first-order chi connectivity index (χ1) is 9.30. The van der Waals surface area contributed by atoms with Gasteiger partial charge in [-0.1, -0.05) is 0 Å². The monoisotopic (exact) mass is 265 g/mol. The van der Waals surface area contributed by atoms with Gasteiger partial charge in [0.25, 0.3) is 0 Å². The van der Waals surface area contributed by atoms with Crippen LogP contribution in [-0.2, 0) is 4.74 Å². The summed E-state index contributed by atoms with van der Waals surface area (Å²) >= 11 is 0. The molecule has 106 valence electrons. The summed E-state index contributed by atoms with van der Waals surface area (Å²) < 4.78 is 5.67. The number of hydrogen-bond donors (Lipinski definition) is 1. The maximum absolute atomic E-state index is 9.04. The molecule has 0 aromatic carbocycles. The summed E-state index contributed by atoms with van der Waals surface area (Å²) in [5.41, 5.74) is 0. The highest BCUT2D eigenvalue weighted by molar-refractivity contribution is 4.89. The number of rotatable bonds is 8. The molecule has 0 bridgehead atoms. The van der Waals surface area contributed by atoms with Crippen molar-refractivity contribution < 1.29 is 9.84 Å². The van der Waals surface area contributed by atoms with Gasteiger partial charge in [0.05, 0.1) is 24.2 Å². The van der Waals surface area contributed by atoms with Crippen LogP contribution in [0.4, 0.5) is 0 Å². The normalized spacial score (nSPS) is 18.7. The fraction of sp³-hybridized carbons (Fsp3) is 0.857. The summed E-state index contributed by atoms with van der Waals surface area (Å²) in [4.78, 5) is 2.29. The van der Waals surface area contributed by atoms with E-state index in [4.69, 9.17) is 20.4 Å². The molecule has 0 spiro atoms. The van der Waals surface area contributed by atoms with Gasteiger partial charge in [0.1, 0.15) is 0 Å². The lowest BCUT2D eigenvalue weighted by Gasteiger charge is -2.32. The molecule has 1 aliphatic heterocycles. The number of nitriles is 2. The third-order valence-corrected chi connectivity index (χ3v) is 3.46. The predicted octanol–water partition coefficient (Wildman–Crippen LogP) is 1.29. The zero-order valence-corrected chi connectivity index (χ0v) is 11.4. The Morgan fingerprint density at radius 3 is 2.63 bits per heavy atom. The summed E-state index contributed by atoms with van der Waals surface area (Å²) in [6.07, 6.45) is 4.09. The highest BCUT2D eigenvalue weighted by atomic mass is 16.5. The Bertz CT molecular complexity index is 314. The van der Waals surface area contributed by atoms with E-state index >= 15 is 0 Å². The minimum absolute atomic E-state index is 0.0356. The van der Waals surface area contributed by atoms with Crippen LogP contribution in [0.1, 0.15) is 32.1 Å². The van der Waals surface area contributed by atoms with Crippen LogP contribution in [0.5, 0.6) is 0 Å². The van der Waals surface area contributed by atoms with E-state index in [9.17, 15) is 0 Å². The maximum Gasteiger partial charge on any atom is 0.0669 e. The molecule has 1 aliphatic rings. The van der Waals surface area contributed by atoms with E-state index in [1.54, 1.807) is 0 Å². The van der Waals surface area contributed by atoms with Crippen LogP contribution in [0.3, 0.4) is 0 Å². The van der Waals surface area contributed by atoms with Gasteiger partial charge < -0.3 is 14.7 Å². The Kier molecular flexibility index (Phi) is 8.16. The molecule has 0 saturated carbocycles. The molecule has 1 saturated heterocycles. The Morgan fingerprint density at radius 2 is 2.05 bits per heavy atom. The third kappa shape index (κ3) is 6.54. The lowest BCUT2D eigenvalue weighted by molar-refractivity contribution is 0.000694. The zero-order valence-electron chi connectivity index (χ0n) is 11.4. The Morgan fingerprint density at radius 1 is 1.32 bits per heavy atom. The molecule has 5 heteroatoms. The number of hydrogen-bond acceptors (Lipinski definition) is 5.